The van der Waals surface area contributed by atoms with E-state index < -0.39 is 0 Å². The topological polar surface area (TPSA) is 97.1 Å². The van der Waals surface area contributed by atoms with E-state index in [0.29, 0.717) is 29.4 Å². The van der Waals surface area contributed by atoms with Gasteiger partial charge in [-0.2, -0.15) is 16.3 Å². The maximum atomic E-state index is 11.9. The van der Waals surface area contributed by atoms with Gasteiger partial charge < -0.3 is 15.2 Å². The molecule has 0 saturated heterocycles. The van der Waals surface area contributed by atoms with E-state index in [1.807, 2.05) is 16.8 Å². The van der Waals surface area contributed by atoms with Crippen LogP contribution in [-0.2, 0) is 16.0 Å². The van der Waals surface area contributed by atoms with Crippen LogP contribution in [0.4, 0.5) is 5.69 Å². The van der Waals surface area contributed by atoms with Gasteiger partial charge in [0.2, 0.25) is 23.5 Å². The van der Waals surface area contributed by atoms with E-state index in [9.17, 15) is 9.59 Å². The molecule has 27 heavy (non-hydrogen) atoms. The molecule has 0 bridgehead atoms. The van der Waals surface area contributed by atoms with E-state index >= 15 is 0 Å². The number of hydrogen-bond donors (Lipinski definition) is 2. The number of rotatable bonds is 7. The average molecular weight is 380 g/mol. The smallest absolute Gasteiger partial charge is 0.243 e. The van der Waals surface area contributed by atoms with Crippen LogP contribution in [0.1, 0.15) is 17.9 Å². The lowest BCUT2D eigenvalue weighted by Crippen LogP contribution is -2.33. The zero-order valence-corrected chi connectivity index (χ0v) is 15.1. The van der Waals surface area contributed by atoms with E-state index in [-0.39, 0.29) is 24.8 Å². The number of thiophene rings is 1. The molecule has 0 fully saturated rings. The minimum atomic E-state index is -0.338. The van der Waals surface area contributed by atoms with Crippen LogP contribution in [0.15, 0.2) is 45.6 Å². The standard InChI is InChI=1S/C19H16N4O3S/c1-2-13-4-3-5-15(10-13)21-17(25)11-20-16(24)6-7-18-22-19(23-26-18)14-8-9-27-12-14/h1,3-5,8-10,12H,6-7,11H2,(H,20,24)(H,21,25). The van der Waals surface area contributed by atoms with Gasteiger partial charge in [0.05, 0.1) is 6.54 Å². The lowest BCUT2D eigenvalue weighted by Gasteiger charge is -2.07. The minimum absolute atomic E-state index is 0.136. The number of nitrogens with zero attached hydrogens (tertiary/aromatic N) is 2. The van der Waals surface area contributed by atoms with E-state index in [4.69, 9.17) is 10.9 Å². The number of aryl methyl sites for hydroxylation is 1. The Kier molecular flexibility index (Phi) is 5.97. The Labute approximate surface area is 159 Å². The molecule has 3 rings (SSSR count). The molecule has 0 aliphatic carbocycles. The second kappa shape index (κ2) is 8.78. The fourth-order valence-electron chi connectivity index (χ4n) is 2.24. The Morgan fingerprint density at radius 3 is 2.93 bits per heavy atom. The monoisotopic (exact) mass is 380 g/mol. The van der Waals surface area contributed by atoms with E-state index in [0.717, 1.165) is 5.56 Å². The number of amides is 2. The molecule has 0 unspecified atom stereocenters. The van der Waals surface area contributed by atoms with Gasteiger partial charge in [-0.05, 0) is 29.6 Å². The molecule has 3 aromatic rings. The molecule has 0 radical (unpaired) electrons. The molecule has 2 N–H and O–H groups in total. The van der Waals surface area contributed by atoms with E-state index in [1.165, 1.54) is 0 Å². The van der Waals surface area contributed by atoms with Crippen LogP contribution in [-0.4, -0.2) is 28.5 Å². The minimum Gasteiger partial charge on any atom is -0.347 e. The summed E-state index contributed by atoms with van der Waals surface area (Å²) in [4.78, 5) is 28.1. The van der Waals surface area contributed by atoms with Crippen LogP contribution in [0.2, 0.25) is 0 Å². The quantitative estimate of drug-likeness (QED) is 0.614. The second-order valence-corrected chi connectivity index (χ2v) is 6.35. The normalized spacial score (nSPS) is 10.2. The SMILES string of the molecule is C#Cc1cccc(NC(=O)CNC(=O)CCc2nc(-c3ccsc3)no2)c1. The molecule has 0 aliphatic rings. The van der Waals surface area contributed by atoms with Crippen LogP contribution in [0.3, 0.4) is 0 Å². The summed E-state index contributed by atoms with van der Waals surface area (Å²) in [5.74, 6) is 2.75. The fourth-order valence-corrected chi connectivity index (χ4v) is 2.88. The number of terminal acetylenes is 1. The zero-order chi connectivity index (χ0) is 19.1. The van der Waals surface area contributed by atoms with Gasteiger partial charge in [0.1, 0.15) is 0 Å². The van der Waals surface area contributed by atoms with Gasteiger partial charge in [-0.1, -0.05) is 17.1 Å². The molecule has 2 amide bonds. The van der Waals surface area contributed by atoms with Crippen LogP contribution < -0.4 is 10.6 Å². The molecule has 0 aliphatic heterocycles. The maximum absolute atomic E-state index is 11.9. The average Bonchev–Trinajstić information content (AvgIpc) is 3.36. The Morgan fingerprint density at radius 2 is 2.15 bits per heavy atom. The summed E-state index contributed by atoms with van der Waals surface area (Å²) in [6.45, 7) is -0.136. The highest BCUT2D eigenvalue weighted by Crippen LogP contribution is 2.18. The van der Waals surface area contributed by atoms with Crippen molar-refractivity contribution in [2.45, 2.75) is 12.8 Å². The van der Waals surface area contributed by atoms with Crippen molar-refractivity contribution in [1.82, 2.24) is 15.5 Å². The van der Waals surface area contributed by atoms with Crippen molar-refractivity contribution in [2.75, 3.05) is 11.9 Å². The van der Waals surface area contributed by atoms with Crippen molar-refractivity contribution in [3.8, 4) is 23.7 Å². The molecule has 0 atom stereocenters. The molecule has 8 heteroatoms. The van der Waals surface area contributed by atoms with Crippen LogP contribution in [0, 0.1) is 12.3 Å². The summed E-state index contributed by atoms with van der Waals surface area (Å²) in [6.07, 6.45) is 5.77. The fraction of sp³-hybridized carbons (Fsp3) is 0.158. The number of nitrogens with one attached hydrogen (secondary N) is 2. The summed E-state index contributed by atoms with van der Waals surface area (Å²) in [5, 5.41) is 13.0. The Morgan fingerprint density at radius 1 is 1.26 bits per heavy atom. The van der Waals surface area contributed by atoms with Gasteiger partial charge in [-0.15, -0.1) is 6.42 Å². The first-order valence-electron chi connectivity index (χ1n) is 8.12. The molecule has 0 spiro atoms. The molecule has 1 aromatic carbocycles. The van der Waals surface area contributed by atoms with E-state index in [1.54, 1.807) is 35.6 Å². The van der Waals surface area contributed by atoms with Crippen LogP contribution in [0.5, 0.6) is 0 Å². The Hall–Kier alpha value is -3.44. The predicted molar refractivity (Wildman–Crippen MR) is 102 cm³/mol. The van der Waals surface area contributed by atoms with Crippen LogP contribution >= 0.6 is 11.3 Å². The van der Waals surface area contributed by atoms with Gasteiger partial charge in [-0.25, -0.2) is 0 Å². The summed E-state index contributed by atoms with van der Waals surface area (Å²) in [6, 6.07) is 8.81. The molecule has 2 aromatic heterocycles. The van der Waals surface area contributed by atoms with Gasteiger partial charge in [0.15, 0.2) is 0 Å². The highest BCUT2D eigenvalue weighted by molar-refractivity contribution is 7.08. The number of hydrogen-bond acceptors (Lipinski definition) is 6. The van der Waals surface area contributed by atoms with E-state index in [2.05, 4.69) is 26.7 Å². The summed E-state index contributed by atoms with van der Waals surface area (Å²) in [7, 11) is 0. The molecule has 2 heterocycles. The lowest BCUT2D eigenvalue weighted by atomic mass is 10.2. The molecule has 7 nitrogen and oxygen atoms in total. The molecule has 136 valence electrons. The number of benzene rings is 1. The van der Waals surface area contributed by atoms with Crippen molar-refractivity contribution in [3.05, 3.63) is 52.5 Å². The third-order valence-corrected chi connectivity index (χ3v) is 4.26. The van der Waals surface area contributed by atoms with Crippen molar-refractivity contribution < 1.29 is 14.1 Å². The third-order valence-electron chi connectivity index (χ3n) is 3.57. The van der Waals surface area contributed by atoms with Crippen molar-refractivity contribution in [2.24, 2.45) is 0 Å². The molecular formula is C19H16N4O3S. The summed E-state index contributed by atoms with van der Waals surface area (Å²) in [5.41, 5.74) is 2.12. The van der Waals surface area contributed by atoms with Gasteiger partial charge in [0, 0.05) is 35.0 Å². The Balaban J connectivity index is 1.42. The summed E-state index contributed by atoms with van der Waals surface area (Å²) >= 11 is 1.54. The zero-order valence-electron chi connectivity index (χ0n) is 14.3. The first-order chi connectivity index (χ1) is 13.1. The van der Waals surface area contributed by atoms with Gasteiger partial charge in [-0.3, -0.25) is 9.59 Å². The predicted octanol–water partition coefficient (Wildman–Crippen LogP) is 2.47. The number of anilines is 1. The second-order valence-electron chi connectivity index (χ2n) is 5.57. The maximum Gasteiger partial charge on any atom is 0.243 e. The summed E-state index contributed by atoms with van der Waals surface area (Å²) < 4.78 is 5.13. The largest absolute Gasteiger partial charge is 0.347 e. The first kappa shape index (κ1) is 18.4. The molecular weight excluding hydrogens is 364 g/mol. The number of carbonyl (C=O) groups is 2. The van der Waals surface area contributed by atoms with Gasteiger partial charge in [0.25, 0.3) is 0 Å². The van der Waals surface area contributed by atoms with Crippen molar-refractivity contribution in [3.63, 3.8) is 0 Å². The highest BCUT2D eigenvalue weighted by atomic mass is 32.1. The van der Waals surface area contributed by atoms with Crippen molar-refractivity contribution in [1.29, 1.82) is 0 Å². The van der Waals surface area contributed by atoms with Crippen molar-refractivity contribution >= 4 is 28.8 Å². The third kappa shape index (κ3) is 5.26. The van der Waals surface area contributed by atoms with Gasteiger partial charge >= 0.3 is 0 Å². The number of carbonyl (C=O) groups excluding carboxylic acids is 2. The number of aromatic nitrogens is 2. The highest BCUT2D eigenvalue weighted by Gasteiger charge is 2.12. The molecule has 0 saturated carbocycles. The lowest BCUT2D eigenvalue weighted by molar-refractivity contribution is -0.124. The van der Waals surface area contributed by atoms with Crippen LogP contribution in [0.25, 0.3) is 11.4 Å². The Bertz CT molecular complexity index is 973. The first-order valence-corrected chi connectivity index (χ1v) is 9.06.